The van der Waals surface area contributed by atoms with Crippen molar-refractivity contribution in [3.05, 3.63) is 36.0 Å². The highest BCUT2D eigenvalue weighted by Gasteiger charge is 2.60. The molecule has 0 spiro atoms. The second-order valence-corrected chi connectivity index (χ2v) is 6.75. The quantitative estimate of drug-likeness (QED) is 0.915. The molecule has 2 bridgehead atoms. The number of carbonyl (C=O) groups excluding carboxylic acids is 1. The zero-order valence-electron chi connectivity index (χ0n) is 13.1. The molecule has 0 aliphatic carbocycles. The second-order valence-electron chi connectivity index (χ2n) is 6.75. The summed E-state index contributed by atoms with van der Waals surface area (Å²) in [7, 11) is 0. The number of hydrogen-bond acceptors (Lipinski definition) is 2. The van der Waals surface area contributed by atoms with Crippen LogP contribution < -0.4 is 0 Å². The van der Waals surface area contributed by atoms with Gasteiger partial charge in [0.05, 0.1) is 5.41 Å². The molecule has 2 fully saturated rings. The molecular weight excluding hydrogens is 292 g/mol. The van der Waals surface area contributed by atoms with Crippen LogP contribution in [0.15, 0.2) is 30.3 Å². The average molecular weight is 312 g/mol. The third kappa shape index (κ3) is 1.85. The molecule has 4 rings (SSSR count). The van der Waals surface area contributed by atoms with Crippen LogP contribution in [0.25, 0.3) is 10.9 Å². The fourth-order valence-electron chi connectivity index (χ4n) is 4.58. The van der Waals surface area contributed by atoms with Crippen molar-refractivity contribution < 1.29 is 14.7 Å². The predicted molar refractivity (Wildman–Crippen MR) is 86.3 cm³/mol. The smallest absolute Gasteiger partial charge is 0.311 e. The molecule has 23 heavy (non-hydrogen) atoms. The summed E-state index contributed by atoms with van der Waals surface area (Å²) in [5.74, 6) is -0.827. The Hall–Kier alpha value is -2.30. The molecule has 0 unspecified atom stereocenters. The van der Waals surface area contributed by atoms with E-state index in [0.717, 1.165) is 23.7 Å². The molecule has 1 aromatic carbocycles. The van der Waals surface area contributed by atoms with E-state index in [-0.39, 0.29) is 18.0 Å². The number of amides is 1. The fourth-order valence-corrected chi connectivity index (χ4v) is 4.58. The highest BCUT2D eigenvalue weighted by molar-refractivity contribution is 5.99. The molecule has 2 saturated heterocycles. The monoisotopic (exact) mass is 312 g/mol. The summed E-state index contributed by atoms with van der Waals surface area (Å²) >= 11 is 0. The van der Waals surface area contributed by atoms with Gasteiger partial charge in [-0.3, -0.25) is 9.59 Å². The standard InChI is InChI=1S/C18H20N2O3/c1-2-18(17(22)23)10-12-7-8-15(18)20(12)16(21)14-9-11-5-3-4-6-13(11)19-14/h3-6,9,12,15,19H,2,7-8,10H2,1H3,(H,22,23)/t12-,15+,18+/m0/s1. The molecule has 1 amide bonds. The molecule has 3 heterocycles. The zero-order chi connectivity index (χ0) is 16.2. The van der Waals surface area contributed by atoms with Crippen molar-refractivity contribution >= 4 is 22.8 Å². The highest BCUT2D eigenvalue weighted by Crippen LogP contribution is 2.52. The minimum atomic E-state index is -0.773. The SMILES string of the molecule is CC[C@@]1(C(=O)O)C[C@@H]2CC[C@H]1N2C(=O)c1cc2ccccc2[nH]1. The molecule has 1 aromatic heterocycles. The number of carboxylic acids is 1. The Labute approximate surface area is 134 Å². The van der Waals surface area contributed by atoms with Gasteiger partial charge in [0, 0.05) is 23.0 Å². The lowest BCUT2D eigenvalue weighted by molar-refractivity contribution is -0.151. The van der Waals surface area contributed by atoms with Crippen molar-refractivity contribution in [2.24, 2.45) is 5.41 Å². The average Bonchev–Trinajstić information content (AvgIpc) is 3.24. The summed E-state index contributed by atoms with van der Waals surface area (Å²) < 4.78 is 0. The normalized spacial score (nSPS) is 29.3. The van der Waals surface area contributed by atoms with E-state index in [4.69, 9.17) is 0 Å². The summed E-state index contributed by atoms with van der Waals surface area (Å²) in [6.07, 6.45) is 2.85. The number of aliphatic carboxylic acids is 1. The van der Waals surface area contributed by atoms with Gasteiger partial charge >= 0.3 is 5.97 Å². The van der Waals surface area contributed by atoms with Crippen LogP contribution in [0.5, 0.6) is 0 Å². The van der Waals surface area contributed by atoms with Crippen molar-refractivity contribution in [3.8, 4) is 0 Å². The fraction of sp³-hybridized carbons (Fsp3) is 0.444. The van der Waals surface area contributed by atoms with Gasteiger partial charge in [-0.2, -0.15) is 0 Å². The first kappa shape index (κ1) is 14.3. The number of nitrogens with one attached hydrogen (secondary N) is 1. The molecule has 2 aliphatic rings. The van der Waals surface area contributed by atoms with Gasteiger partial charge in [-0.15, -0.1) is 0 Å². The molecule has 120 valence electrons. The van der Waals surface area contributed by atoms with Crippen LogP contribution in [0.2, 0.25) is 0 Å². The van der Waals surface area contributed by atoms with E-state index in [0.29, 0.717) is 18.5 Å². The summed E-state index contributed by atoms with van der Waals surface area (Å²) in [5, 5.41) is 10.7. The maximum atomic E-state index is 13.0. The van der Waals surface area contributed by atoms with Gasteiger partial charge in [0.25, 0.3) is 5.91 Å². The van der Waals surface area contributed by atoms with Crippen molar-refractivity contribution in [1.82, 2.24) is 9.88 Å². The Balaban J connectivity index is 1.70. The number of carbonyl (C=O) groups is 2. The number of H-pyrrole nitrogens is 1. The van der Waals surface area contributed by atoms with E-state index < -0.39 is 11.4 Å². The predicted octanol–water partition coefficient (Wildman–Crippen LogP) is 3.03. The lowest BCUT2D eigenvalue weighted by atomic mass is 9.72. The van der Waals surface area contributed by atoms with Gasteiger partial charge in [-0.1, -0.05) is 25.1 Å². The maximum Gasteiger partial charge on any atom is 0.311 e. The van der Waals surface area contributed by atoms with Gasteiger partial charge in [-0.05, 0) is 37.8 Å². The van der Waals surface area contributed by atoms with Gasteiger partial charge in [0.15, 0.2) is 0 Å². The third-order valence-corrected chi connectivity index (χ3v) is 5.79. The summed E-state index contributed by atoms with van der Waals surface area (Å²) in [6, 6.07) is 9.51. The van der Waals surface area contributed by atoms with Crippen molar-refractivity contribution in [1.29, 1.82) is 0 Å². The Morgan fingerprint density at radius 1 is 1.35 bits per heavy atom. The van der Waals surface area contributed by atoms with Gasteiger partial charge in [0.1, 0.15) is 5.69 Å². The molecule has 2 N–H and O–H groups in total. The number of carboxylic acid groups (broad SMARTS) is 1. The number of nitrogens with zero attached hydrogens (tertiary/aromatic N) is 1. The number of benzene rings is 1. The summed E-state index contributed by atoms with van der Waals surface area (Å²) in [6.45, 7) is 1.92. The molecule has 2 aliphatic heterocycles. The molecule has 0 saturated carbocycles. The first-order chi connectivity index (χ1) is 11.1. The first-order valence-corrected chi connectivity index (χ1v) is 8.20. The van der Waals surface area contributed by atoms with Crippen LogP contribution in [-0.2, 0) is 4.79 Å². The van der Waals surface area contributed by atoms with Crippen LogP contribution in [0.1, 0.15) is 43.1 Å². The maximum absolute atomic E-state index is 13.0. The topological polar surface area (TPSA) is 73.4 Å². The second kappa shape index (κ2) is 4.85. The first-order valence-electron chi connectivity index (χ1n) is 8.20. The number of para-hydroxylation sites is 1. The summed E-state index contributed by atoms with van der Waals surface area (Å²) in [5.41, 5.74) is 0.715. The minimum Gasteiger partial charge on any atom is -0.481 e. The third-order valence-electron chi connectivity index (χ3n) is 5.79. The van der Waals surface area contributed by atoms with Crippen LogP contribution in [0.4, 0.5) is 0 Å². The van der Waals surface area contributed by atoms with Crippen LogP contribution >= 0.6 is 0 Å². The molecule has 5 nitrogen and oxygen atoms in total. The van der Waals surface area contributed by atoms with Crippen molar-refractivity contribution in [2.45, 2.75) is 44.7 Å². The van der Waals surface area contributed by atoms with E-state index in [9.17, 15) is 14.7 Å². The molecule has 3 atom stereocenters. The van der Waals surface area contributed by atoms with Crippen molar-refractivity contribution in [3.63, 3.8) is 0 Å². The number of aromatic amines is 1. The zero-order valence-corrected chi connectivity index (χ0v) is 13.1. The van der Waals surface area contributed by atoms with E-state index in [1.807, 2.05) is 42.2 Å². The number of aromatic nitrogens is 1. The van der Waals surface area contributed by atoms with E-state index in [2.05, 4.69) is 4.98 Å². The Bertz CT molecular complexity index is 763. The Kier molecular flexibility index (Phi) is 3.01. The number of rotatable bonds is 3. The van der Waals surface area contributed by atoms with Crippen LogP contribution in [0, 0.1) is 5.41 Å². The molecule has 5 heteroatoms. The Morgan fingerprint density at radius 2 is 2.13 bits per heavy atom. The summed E-state index contributed by atoms with van der Waals surface area (Å²) in [4.78, 5) is 29.9. The Morgan fingerprint density at radius 3 is 2.78 bits per heavy atom. The molecular formula is C18H20N2O3. The lowest BCUT2D eigenvalue weighted by Gasteiger charge is -2.32. The molecule has 0 radical (unpaired) electrons. The number of hydrogen-bond donors (Lipinski definition) is 2. The van der Waals surface area contributed by atoms with E-state index in [1.54, 1.807) is 0 Å². The van der Waals surface area contributed by atoms with Gasteiger partial charge in [-0.25, -0.2) is 0 Å². The number of fused-ring (bicyclic) bond motifs is 3. The largest absolute Gasteiger partial charge is 0.481 e. The van der Waals surface area contributed by atoms with Crippen molar-refractivity contribution in [2.75, 3.05) is 0 Å². The minimum absolute atomic E-state index is 0.0509. The van der Waals surface area contributed by atoms with Crippen LogP contribution in [0.3, 0.4) is 0 Å². The van der Waals surface area contributed by atoms with E-state index in [1.165, 1.54) is 0 Å². The highest BCUT2D eigenvalue weighted by atomic mass is 16.4. The van der Waals surface area contributed by atoms with Gasteiger partial charge < -0.3 is 15.0 Å². The van der Waals surface area contributed by atoms with E-state index >= 15 is 0 Å². The lowest BCUT2D eigenvalue weighted by Crippen LogP contribution is -2.44. The molecule has 2 aromatic rings. The van der Waals surface area contributed by atoms with Crippen LogP contribution in [-0.4, -0.2) is 39.0 Å². The van der Waals surface area contributed by atoms with Gasteiger partial charge in [0.2, 0.25) is 0 Å².